The van der Waals surface area contributed by atoms with Crippen LogP contribution in [0.3, 0.4) is 0 Å². The summed E-state index contributed by atoms with van der Waals surface area (Å²) in [4.78, 5) is -0.123. The first-order valence-electron chi connectivity index (χ1n) is 12.4. The third-order valence-electron chi connectivity index (χ3n) is 6.68. The molecule has 0 aliphatic heterocycles. The molecule has 0 radical (unpaired) electrons. The Bertz CT molecular complexity index is 1460. The van der Waals surface area contributed by atoms with Crippen molar-refractivity contribution in [1.82, 2.24) is 0 Å². The van der Waals surface area contributed by atoms with Gasteiger partial charge in [0.15, 0.2) is 0 Å². The first kappa shape index (κ1) is 27.5. The summed E-state index contributed by atoms with van der Waals surface area (Å²) in [7, 11) is -6.08. The SMILES string of the molecule is Cc1cccc(S(=O)(=O)[O-])c1C.c1ccc(C[P+](c2ccccc2)(c2ccccc2)c2ccccc2)cc1. The molecule has 0 fully saturated rings. The number of rotatable bonds is 6. The summed E-state index contributed by atoms with van der Waals surface area (Å²) in [5.41, 5.74) is 2.73. The van der Waals surface area contributed by atoms with Crippen LogP contribution in [0, 0.1) is 13.8 Å². The fourth-order valence-electron chi connectivity index (χ4n) is 4.62. The molecule has 5 rings (SSSR count). The van der Waals surface area contributed by atoms with E-state index in [-0.39, 0.29) is 4.90 Å². The monoisotopic (exact) mass is 538 g/mol. The molecule has 0 N–H and O–H groups in total. The van der Waals surface area contributed by atoms with E-state index in [1.807, 2.05) is 0 Å². The third-order valence-corrected chi connectivity index (χ3v) is 12.0. The second-order valence-electron chi connectivity index (χ2n) is 9.11. The van der Waals surface area contributed by atoms with Crippen molar-refractivity contribution in [2.24, 2.45) is 0 Å². The van der Waals surface area contributed by atoms with Crippen molar-refractivity contribution in [3.8, 4) is 0 Å². The largest absolute Gasteiger partial charge is 0.744 e. The fraction of sp³-hybridized carbons (Fsp3) is 0.0909. The van der Waals surface area contributed by atoms with Gasteiger partial charge in [-0.2, -0.15) is 0 Å². The van der Waals surface area contributed by atoms with Gasteiger partial charge >= 0.3 is 0 Å². The minimum atomic E-state index is -4.31. The summed E-state index contributed by atoms with van der Waals surface area (Å²) in [5.74, 6) is 0. The number of hydrogen-bond donors (Lipinski definition) is 0. The van der Waals surface area contributed by atoms with Crippen LogP contribution in [-0.4, -0.2) is 13.0 Å². The van der Waals surface area contributed by atoms with E-state index < -0.39 is 17.4 Å². The van der Waals surface area contributed by atoms with Gasteiger partial charge in [-0.25, -0.2) is 8.42 Å². The first-order chi connectivity index (χ1) is 18.3. The van der Waals surface area contributed by atoms with Crippen LogP contribution < -0.4 is 15.9 Å². The maximum Gasteiger partial charge on any atom is 0.124 e. The quantitative estimate of drug-likeness (QED) is 0.186. The van der Waals surface area contributed by atoms with Crippen molar-refractivity contribution in [3.05, 3.63) is 156 Å². The molecule has 5 aromatic carbocycles. The molecule has 192 valence electrons. The van der Waals surface area contributed by atoms with Gasteiger partial charge in [0.2, 0.25) is 0 Å². The lowest BCUT2D eigenvalue weighted by Crippen LogP contribution is -2.32. The fourth-order valence-corrected chi connectivity index (χ4v) is 9.65. The topological polar surface area (TPSA) is 57.2 Å². The van der Waals surface area contributed by atoms with Gasteiger partial charge < -0.3 is 4.55 Å². The molecule has 0 bridgehead atoms. The molecule has 0 aliphatic carbocycles. The van der Waals surface area contributed by atoms with Gasteiger partial charge in [0.25, 0.3) is 0 Å². The molecule has 0 unspecified atom stereocenters. The molecule has 5 heteroatoms. The molecule has 0 spiro atoms. The maximum atomic E-state index is 10.7. The van der Waals surface area contributed by atoms with Crippen LogP contribution in [0.2, 0.25) is 0 Å². The van der Waals surface area contributed by atoms with Gasteiger partial charge in [-0.05, 0) is 73.0 Å². The zero-order valence-electron chi connectivity index (χ0n) is 21.6. The van der Waals surface area contributed by atoms with Crippen molar-refractivity contribution < 1.29 is 13.0 Å². The number of aryl methyl sites for hydroxylation is 1. The summed E-state index contributed by atoms with van der Waals surface area (Å²) in [6.45, 7) is 3.39. The molecule has 0 saturated carbocycles. The van der Waals surface area contributed by atoms with Gasteiger partial charge in [-0.3, -0.25) is 0 Å². The normalized spacial score (nSPS) is 11.3. The van der Waals surface area contributed by atoms with Crippen LogP contribution in [0.15, 0.2) is 144 Å². The van der Waals surface area contributed by atoms with Gasteiger partial charge in [-0.15, -0.1) is 0 Å². The lowest BCUT2D eigenvalue weighted by atomic mass is 10.1. The summed E-state index contributed by atoms with van der Waals surface area (Å²) in [6, 6.07) is 48.7. The van der Waals surface area contributed by atoms with E-state index in [0.29, 0.717) is 5.56 Å². The molecular formula is C33H31O3PS. The van der Waals surface area contributed by atoms with E-state index in [2.05, 4.69) is 121 Å². The minimum Gasteiger partial charge on any atom is -0.744 e. The highest BCUT2D eigenvalue weighted by atomic mass is 32.2. The maximum absolute atomic E-state index is 10.7. The predicted molar refractivity (Wildman–Crippen MR) is 159 cm³/mol. The molecule has 0 atom stereocenters. The second-order valence-corrected chi connectivity index (χ2v) is 13.9. The Morgan fingerprint density at radius 1 is 0.553 bits per heavy atom. The van der Waals surface area contributed by atoms with Gasteiger partial charge in [0.1, 0.15) is 33.3 Å². The van der Waals surface area contributed by atoms with E-state index in [1.54, 1.807) is 26.0 Å². The molecule has 0 heterocycles. The number of benzene rings is 5. The average molecular weight is 539 g/mol. The predicted octanol–water partition coefficient (Wildman–Crippen LogP) is 6.39. The summed E-state index contributed by atoms with van der Waals surface area (Å²) in [6.07, 6.45) is 1.03. The van der Waals surface area contributed by atoms with Crippen molar-refractivity contribution >= 4 is 33.3 Å². The van der Waals surface area contributed by atoms with Crippen LogP contribution in [-0.2, 0) is 16.3 Å². The Hall–Kier alpha value is -3.56. The van der Waals surface area contributed by atoms with Gasteiger partial charge in [0, 0.05) is 0 Å². The number of hydrogen-bond acceptors (Lipinski definition) is 3. The highest BCUT2D eigenvalue weighted by Gasteiger charge is 2.45. The van der Waals surface area contributed by atoms with Crippen molar-refractivity contribution in [3.63, 3.8) is 0 Å². The standard InChI is InChI=1S/C25H22P.C8H10O3S/c1-5-13-22(14-6-1)21-26(23-15-7-2-8-16-23,24-17-9-3-10-18-24)25-19-11-4-12-20-25;1-6-4-3-5-8(7(6)2)12(9,10)11/h1-20H,21H2;3-5H,1-2H3,(H,9,10,11)/q+1;/p-1. The summed E-state index contributed by atoms with van der Waals surface area (Å²) >= 11 is 0. The Balaban J connectivity index is 0.000000236. The highest BCUT2D eigenvalue weighted by Crippen LogP contribution is 2.58. The first-order valence-corrected chi connectivity index (χ1v) is 15.8. The molecule has 3 nitrogen and oxygen atoms in total. The van der Waals surface area contributed by atoms with Crippen molar-refractivity contribution in [1.29, 1.82) is 0 Å². The highest BCUT2D eigenvalue weighted by molar-refractivity contribution is 7.95. The van der Waals surface area contributed by atoms with Gasteiger partial charge in [-0.1, -0.05) is 97.1 Å². The molecule has 0 aliphatic rings. The van der Waals surface area contributed by atoms with E-state index in [4.69, 9.17) is 0 Å². The second kappa shape index (κ2) is 12.3. The van der Waals surface area contributed by atoms with Crippen LogP contribution in [0.4, 0.5) is 0 Å². The smallest absolute Gasteiger partial charge is 0.124 e. The minimum absolute atomic E-state index is 0.123. The molecule has 0 aromatic heterocycles. The van der Waals surface area contributed by atoms with Gasteiger partial charge in [0.05, 0.1) is 11.1 Å². The van der Waals surface area contributed by atoms with E-state index in [0.717, 1.165) is 11.7 Å². The Morgan fingerprint density at radius 2 is 0.947 bits per heavy atom. The third kappa shape index (κ3) is 6.28. The lowest BCUT2D eigenvalue weighted by molar-refractivity contribution is 0.462. The molecule has 38 heavy (non-hydrogen) atoms. The van der Waals surface area contributed by atoms with E-state index in [1.165, 1.54) is 27.5 Å². The summed E-state index contributed by atoms with van der Waals surface area (Å²) in [5, 5.41) is 4.30. The van der Waals surface area contributed by atoms with Crippen molar-refractivity contribution in [2.75, 3.05) is 0 Å². The van der Waals surface area contributed by atoms with Crippen LogP contribution >= 0.6 is 7.26 Å². The molecule has 0 amide bonds. The zero-order chi connectivity index (χ0) is 27.0. The molecule has 0 saturated heterocycles. The van der Waals surface area contributed by atoms with E-state index in [9.17, 15) is 13.0 Å². The summed E-state index contributed by atoms with van der Waals surface area (Å²) < 4.78 is 32.0. The zero-order valence-corrected chi connectivity index (χ0v) is 23.3. The van der Waals surface area contributed by atoms with Crippen LogP contribution in [0.1, 0.15) is 16.7 Å². The molecular weight excluding hydrogens is 507 g/mol. The Morgan fingerprint density at radius 3 is 1.32 bits per heavy atom. The average Bonchev–Trinajstić information content (AvgIpc) is 2.95. The Kier molecular flexibility index (Phi) is 8.91. The van der Waals surface area contributed by atoms with Crippen LogP contribution in [0.25, 0.3) is 0 Å². The van der Waals surface area contributed by atoms with Crippen molar-refractivity contribution in [2.45, 2.75) is 24.9 Å². The van der Waals surface area contributed by atoms with E-state index >= 15 is 0 Å². The lowest BCUT2D eigenvalue weighted by Gasteiger charge is -2.27. The van der Waals surface area contributed by atoms with Crippen LogP contribution in [0.5, 0.6) is 0 Å². The Labute approximate surface area is 226 Å². The molecule has 5 aromatic rings.